The van der Waals surface area contributed by atoms with Crippen molar-refractivity contribution in [3.05, 3.63) is 82.3 Å². The van der Waals surface area contributed by atoms with E-state index in [4.69, 9.17) is 9.47 Å². The first-order valence-electron chi connectivity index (χ1n) is 9.58. The average molecular weight is 449 g/mol. The smallest absolute Gasteiger partial charge is 0.338 e. The Morgan fingerprint density at radius 2 is 1.78 bits per heavy atom. The molecular formula is C23H19N3O5S. The largest absolute Gasteiger partial charge is 0.493 e. The van der Waals surface area contributed by atoms with Crippen molar-refractivity contribution in [2.24, 2.45) is 0 Å². The molecule has 4 rings (SSSR count). The first kappa shape index (κ1) is 21.4. The van der Waals surface area contributed by atoms with Gasteiger partial charge in [-0.2, -0.15) is 0 Å². The van der Waals surface area contributed by atoms with Crippen molar-refractivity contribution >= 4 is 28.6 Å². The molecule has 4 aromatic rings. The molecule has 1 N–H and O–H groups in total. The van der Waals surface area contributed by atoms with E-state index < -0.39 is 5.97 Å². The standard InChI is InChI=1S/C23H19N3O5S/c1-30-18-11-16-17(12-19(18)31-2)25-23(32-20-15(22(28)29)9-6-10-24-20)26(21(16)27)13-14-7-4-3-5-8-14/h3-12H,13H2,1-2H3,(H,28,29). The summed E-state index contributed by atoms with van der Waals surface area (Å²) in [5.74, 6) is -0.249. The summed E-state index contributed by atoms with van der Waals surface area (Å²) in [5, 5.41) is 10.5. The average Bonchev–Trinajstić information content (AvgIpc) is 2.81. The summed E-state index contributed by atoms with van der Waals surface area (Å²) in [4.78, 5) is 34.0. The highest BCUT2D eigenvalue weighted by Crippen LogP contribution is 2.33. The Bertz CT molecular complexity index is 1360. The SMILES string of the molecule is COc1cc2nc(Sc3ncccc3C(=O)O)n(Cc3ccccc3)c(=O)c2cc1OC. The zero-order valence-corrected chi connectivity index (χ0v) is 18.1. The topological polar surface area (TPSA) is 104 Å². The van der Waals surface area contributed by atoms with Gasteiger partial charge in [-0.25, -0.2) is 14.8 Å². The molecular weight excluding hydrogens is 430 g/mol. The van der Waals surface area contributed by atoms with Crippen molar-refractivity contribution in [1.29, 1.82) is 0 Å². The lowest BCUT2D eigenvalue weighted by Crippen LogP contribution is -2.24. The molecule has 2 aromatic carbocycles. The molecule has 0 radical (unpaired) electrons. The Hall–Kier alpha value is -3.85. The van der Waals surface area contributed by atoms with Gasteiger partial charge in [-0.15, -0.1) is 0 Å². The molecule has 32 heavy (non-hydrogen) atoms. The number of nitrogens with zero attached hydrogens (tertiary/aromatic N) is 3. The molecule has 162 valence electrons. The van der Waals surface area contributed by atoms with E-state index in [0.717, 1.165) is 17.3 Å². The van der Waals surface area contributed by atoms with Gasteiger partial charge >= 0.3 is 5.97 Å². The number of methoxy groups -OCH3 is 2. The predicted octanol–water partition coefficient (Wildman–Crippen LogP) is 3.71. The third-order valence-corrected chi connectivity index (χ3v) is 5.81. The molecule has 8 nitrogen and oxygen atoms in total. The molecule has 0 unspecified atom stereocenters. The maximum atomic E-state index is 13.5. The van der Waals surface area contributed by atoms with Crippen LogP contribution in [0.3, 0.4) is 0 Å². The van der Waals surface area contributed by atoms with Crippen LogP contribution in [0.4, 0.5) is 0 Å². The highest BCUT2D eigenvalue weighted by Gasteiger charge is 2.19. The van der Waals surface area contributed by atoms with Crippen LogP contribution < -0.4 is 15.0 Å². The van der Waals surface area contributed by atoms with Gasteiger partial charge in [0.2, 0.25) is 0 Å². The number of pyridine rings is 1. The van der Waals surface area contributed by atoms with Gasteiger partial charge in [0.05, 0.1) is 37.2 Å². The van der Waals surface area contributed by atoms with E-state index in [2.05, 4.69) is 9.97 Å². The molecule has 0 aliphatic carbocycles. The minimum Gasteiger partial charge on any atom is -0.493 e. The number of aromatic nitrogens is 3. The van der Waals surface area contributed by atoms with E-state index in [1.807, 2.05) is 30.3 Å². The Morgan fingerprint density at radius 3 is 2.47 bits per heavy atom. The lowest BCUT2D eigenvalue weighted by molar-refractivity contribution is 0.0692. The molecule has 2 aromatic heterocycles. The number of carbonyl (C=O) groups is 1. The number of rotatable bonds is 7. The van der Waals surface area contributed by atoms with Crippen LogP contribution in [0.2, 0.25) is 0 Å². The second-order valence-corrected chi connectivity index (χ2v) is 7.71. The highest BCUT2D eigenvalue weighted by molar-refractivity contribution is 7.99. The number of benzene rings is 2. The zero-order valence-electron chi connectivity index (χ0n) is 17.3. The third-order valence-electron chi connectivity index (χ3n) is 4.80. The lowest BCUT2D eigenvalue weighted by Gasteiger charge is -2.15. The summed E-state index contributed by atoms with van der Waals surface area (Å²) in [6, 6.07) is 15.7. The monoisotopic (exact) mass is 449 g/mol. The number of carboxylic acids is 1. The quantitative estimate of drug-likeness (QED) is 0.426. The molecule has 0 aliphatic heterocycles. The van der Waals surface area contributed by atoms with Gasteiger partial charge < -0.3 is 14.6 Å². The van der Waals surface area contributed by atoms with Gasteiger partial charge in [-0.3, -0.25) is 9.36 Å². The van der Waals surface area contributed by atoms with Crippen LogP contribution in [0, 0.1) is 0 Å². The Balaban J connectivity index is 1.94. The lowest BCUT2D eigenvalue weighted by atomic mass is 10.2. The maximum absolute atomic E-state index is 13.5. The minimum absolute atomic E-state index is 0.0328. The van der Waals surface area contributed by atoms with Gasteiger partial charge in [0.15, 0.2) is 16.7 Å². The van der Waals surface area contributed by atoms with Crippen LogP contribution in [0.1, 0.15) is 15.9 Å². The molecule has 0 bridgehead atoms. The fourth-order valence-corrected chi connectivity index (χ4v) is 4.19. The van der Waals surface area contributed by atoms with Crippen LogP contribution in [0.25, 0.3) is 10.9 Å². The van der Waals surface area contributed by atoms with Crippen molar-refractivity contribution in [1.82, 2.24) is 14.5 Å². The number of ether oxygens (including phenoxy) is 2. The van der Waals surface area contributed by atoms with Crippen molar-refractivity contribution in [2.75, 3.05) is 14.2 Å². The molecule has 9 heteroatoms. The molecule has 0 atom stereocenters. The van der Waals surface area contributed by atoms with E-state index in [1.165, 1.54) is 31.0 Å². The summed E-state index contributed by atoms with van der Waals surface area (Å²) in [5.41, 5.74) is 1.06. The summed E-state index contributed by atoms with van der Waals surface area (Å²) in [6.45, 7) is 0.258. The molecule has 0 spiro atoms. The Labute approximate surface area is 187 Å². The first-order chi connectivity index (χ1) is 15.5. The Morgan fingerprint density at radius 1 is 1.06 bits per heavy atom. The van der Waals surface area contributed by atoms with Crippen LogP contribution >= 0.6 is 11.8 Å². The molecule has 0 fully saturated rings. The normalized spacial score (nSPS) is 10.8. The van der Waals surface area contributed by atoms with Gasteiger partial charge in [0, 0.05) is 12.3 Å². The van der Waals surface area contributed by atoms with Crippen LogP contribution in [-0.2, 0) is 6.54 Å². The van der Waals surface area contributed by atoms with Crippen molar-refractivity contribution in [3.63, 3.8) is 0 Å². The Kier molecular flexibility index (Phi) is 6.09. The van der Waals surface area contributed by atoms with Gasteiger partial charge in [-0.05, 0) is 35.5 Å². The number of hydrogen-bond acceptors (Lipinski definition) is 7. The fraction of sp³-hybridized carbons (Fsp3) is 0.130. The summed E-state index contributed by atoms with van der Waals surface area (Å²) in [7, 11) is 3.00. The highest BCUT2D eigenvalue weighted by atomic mass is 32.2. The van der Waals surface area contributed by atoms with E-state index in [0.29, 0.717) is 27.6 Å². The molecule has 0 amide bonds. The molecule has 0 saturated heterocycles. The predicted molar refractivity (Wildman–Crippen MR) is 120 cm³/mol. The van der Waals surface area contributed by atoms with E-state index in [-0.39, 0.29) is 22.7 Å². The summed E-state index contributed by atoms with van der Waals surface area (Å²) < 4.78 is 12.2. The van der Waals surface area contributed by atoms with Gasteiger partial charge in [0.25, 0.3) is 5.56 Å². The number of aromatic carboxylic acids is 1. The summed E-state index contributed by atoms with van der Waals surface area (Å²) >= 11 is 1.03. The fourth-order valence-electron chi connectivity index (χ4n) is 3.23. The van der Waals surface area contributed by atoms with Gasteiger partial charge in [0.1, 0.15) is 5.03 Å². The summed E-state index contributed by atoms with van der Waals surface area (Å²) in [6.07, 6.45) is 1.50. The van der Waals surface area contributed by atoms with Crippen LogP contribution in [0.15, 0.2) is 75.8 Å². The molecule has 2 heterocycles. The second kappa shape index (κ2) is 9.11. The van der Waals surface area contributed by atoms with Crippen LogP contribution in [-0.4, -0.2) is 39.8 Å². The number of hydrogen-bond donors (Lipinski definition) is 1. The molecule has 0 aliphatic rings. The number of fused-ring (bicyclic) bond motifs is 1. The van der Waals surface area contributed by atoms with Crippen LogP contribution in [0.5, 0.6) is 11.5 Å². The van der Waals surface area contributed by atoms with Crippen molar-refractivity contribution < 1.29 is 19.4 Å². The van der Waals surface area contributed by atoms with E-state index in [9.17, 15) is 14.7 Å². The number of carboxylic acid groups (broad SMARTS) is 1. The first-order valence-corrected chi connectivity index (χ1v) is 10.4. The van der Waals surface area contributed by atoms with Gasteiger partial charge in [-0.1, -0.05) is 30.3 Å². The minimum atomic E-state index is -1.11. The van der Waals surface area contributed by atoms with Crippen molar-refractivity contribution in [3.8, 4) is 11.5 Å². The van der Waals surface area contributed by atoms with E-state index in [1.54, 1.807) is 18.2 Å². The van der Waals surface area contributed by atoms with Crippen molar-refractivity contribution in [2.45, 2.75) is 16.7 Å². The third kappa shape index (κ3) is 4.15. The second-order valence-electron chi connectivity index (χ2n) is 6.76. The zero-order chi connectivity index (χ0) is 22.7. The maximum Gasteiger partial charge on any atom is 0.338 e. The van der Waals surface area contributed by atoms with E-state index >= 15 is 0 Å². The molecule has 0 saturated carbocycles.